The van der Waals surface area contributed by atoms with E-state index in [1.807, 2.05) is 19.1 Å². The molecule has 1 aliphatic heterocycles. The van der Waals surface area contributed by atoms with Crippen LogP contribution in [0.2, 0.25) is 0 Å². The van der Waals surface area contributed by atoms with E-state index in [-0.39, 0.29) is 30.6 Å². The van der Waals surface area contributed by atoms with Crippen LogP contribution in [0, 0.1) is 5.92 Å². The third-order valence-corrected chi connectivity index (χ3v) is 4.40. The first kappa shape index (κ1) is 21.2. The van der Waals surface area contributed by atoms with Crippen molar-refractivity contribution in [3.05, 3.63) is 12.2 Å². The Labute approximate surface area is 150 Å². The van der Waals surface area contributed by atoms with Gasteiger partial charge in [0.1, 0.15) is 18.8 Å². The zero-order valence-corrected chi connectivity index (χ0v) is 15.4. The van der Waals surface area contributed by atoms with Gasteiger partial charge in [-0.15, -0.1) is 0 Å². The monoisotopic (exact) mass is 353 g/mol. The normalized spacial score (nSPS) is 20.6. The number of amides is 1. The Hall–Kier alpha value is -1.85. The number of esters is 2. The van der Waals surface area contributed by atoms with Crippen LogP contribution in [0.3, 0.4) is 0 Å². The summed E-state index contributed by atoms with van der Waals surface area (Å²) in [5, 5.41) is 2.30. The topological polar surface area (TPSA) is 81.7 Å². The van der Waals surface area contributed by atoms with Gasteiger partial charge >= 0.3 is 11.9 Å². The molecule has 3 atom stereocenters. The summed E-state index contributed by atoms with van der Waals surface area (Å²) in [5.74, 6) is -0.682. The van der Waals surface area contributed by atoms with Gasteiger partial charge in [0.05, 0.1) is 5.92 Å². The quantitative estimate of drug-likeness (QED) is 0.225. The number of rotatable bonds is 14. The number of allylic oxidation sites excluding steroid dienone is 2. The van der Waals surface area contributed by atoms with Gasteiger partial charge in [-0.25, -0.2) is 0 Å². The van der Waals surface area contributed by atoms with Crippen LogP contribution in [0.25, 0.3) is 0 Å². The van der Waals surface area contributed by atoms with Crippen molar-refractivity contribution in [3.8, 4) is 0 Å². The highest BCUT2D eigenvalue weighted by atomic mass is 16.6. The number of hydrogen-bond acceptors (Lipinski definition) is 5. The van der Waals surface area contributed by atoms with Crippen LogP contribution in [0.5, 0.6) is 0 Å². The predicted octanol–water partition coefficient (Wildman–Crippen LogP) is 2.90. The predicted molar refractivity (Wildman–Crippen MR) is 94.7 cm³/mol. The molecule has 1 N–H and O–H groups in total. The molecule has 0 spiro atoms. The van der Waals surface area contributed by atoms with Crippen LogP contribution >= 0.6 is 0 Å². The van der Waals surface area contributed by atoms with Crippen molar-refractivity contribution in [2.45, 2.75) is 77.4 Å². The summed E-state index contributed by atoms with van der Waals surface area (Å²) in [6, 6.07) is 0. The lowest BCUT2D eigenvalue weighted by Gasteiger charge is -2.37. The maximum atomic E-state index is 11.8. The largest absolute Gasteiger partial charge is 0.461 e. The zero-order valence-electron chi connectivity index (χ0n) is 15.4. The highest BCUT2D eigenvalue weighted by molar-refractivity contribution is 5.78. The minimum atomic E-state index is -0.470. The molecule has 1 unspecified atom stereocenters. The summed E-state index contributed by atoms with van der Waals surface area (Å²) in [5.41, 5.74) is 0. The van der Waals surface area contributed by atoms with Crippen molar-refractivity contribution in [3.63, 3.8) is 0 Å². The van der Waals surface area contributed by atoms with Gasteiger partial charge in [0, 0.05) is 6.42 Å². The lowest BCUT2D eigenvalue weighted by Crippen LogP contribution is -2.47. The molecule has 1 heterocycles. The molecule has 25 heavy (non-hydrogen) atoms. The number of nitrogens with one attached hydrogen (secondary N) is 1. The van der Waals surface area contributed by atoms with Crippen molar-refractivity contribution in [1.82, 2.24) is 5.32 Å². The SMILES string of the molecule is CC=CCC[C@H](CC1OC(=O)[C@H]1CCCCCC)OC(=O)CNC=O. The Morgan fingerprint density at radius 2 is 2.16 bits per heavy atom. The number of carbonyl (C=O) groups excluding carboxylic acids is 3. The Balaban J connectivity index is 2.48. The molecule has 6 heteroatoms. The molecule has 1 aliphatic rings. The van der Waals surface area contributed by atoms with Crippen LogP contribution in [-0.2, 0) is 23.9 Å². The second kappa shape index (κ2) is 12.5. The van der Waals surface area contributed by atoms with Gasteiger partial charge < -0.3 is 14.8 Å². The fraction of sp³-hybridized carbons (Fsp3) is 0.737. The van der Waals surface area contributed by atoms with Gasteiger partial charge in [-0.2, -0.15) is 0 Å². The Morgan fingerprint density at radius 1 is 1.36 bits per heavy atom. The van der Waals surface area contributed by atoms with Gasteiger partial charge in [0.2, 0.25) is 6.41 Å². The molecule has 0 aromatic carbocycles. The smallest absolute Gasteiger partial charge is 0.325 e. The molecule has 1 amide bonds. The molecule has 0 aliphatic carbocycles. The number of ether oxygens (including phenoxy) is 2. The van der Waals surface area contributed by atoms with Crippen LogP contribution in [0.1, 0.15) is 65.2 Å². The van der Waals surface area contributed by atoms with E-state index < -0.39 is 5.97 Å². The van der Waals surface area contributed by atoms with Gasteiger partial charge in [0.25, 0.3) is 0 Å². The molecule has 1 saturated heterocycles. The molecule has 0 aromatic heterocycles. The second-order valence-corrected chi connectivity index (χ2v) is 6.42. The fourth-order valence-corrected chi connectivity index (χ4v) is 2.99. The van der Waals surface area contributed by atoms with Crippen LogP contribution in [0.15, 0.2) is 12.2 Å². The molecule has 1 fully saturated rings. The summed E-state index contributed by atoms with van der Waals surface area (Å²) in [6.07, 6.45) is 11.3. The molecule has 0 bridgehead atoms. The van der Waals surface area contributed by atoms with Crippen molar-refractivity contribution >= 4 is 18.3 Å². The summed E-state index contributed by atoms with van der Waals surface area (Å²) < 4.78 is 10.7. The Morgan fingerprint density at radius 3 is 2.80 bits per heavy atom. The van der Waals surface area contributed by atoms with E-state index >= 15 is 0 Å². The van der Waals surface area contributed by atoms with Gasteiger partial charge in [-0.05, 0) is 26.2 Å². The van der Waals surface area contributed by atoms with Crippen molar-refractivity contribution in [2.24, 2.45) is 5.92 Å². The third kappa shape index (κ3) is 8.18. The summed E-state index contributed by atoms with van der Waals surface area (Å²) in [6.45, 7) is 3.95. The standard InChI is InChI=1S/C19H31NO5/c1-3-5-7-9-11-16-17(25-19(16)23)12-15(10-8-6-4-2)24-18(22)13-20-14-21/h4,6,14-17H,3,5,7-13H2,1-2H3,(H,20,21)/t15-,16+,17?/m1/s1. The van der Waals surface area contributed by atoms with Crippen LogP contribution < -0.4 is 5.32 Å². The summed E-state index contributed by atoms with van der Waals surface area (Å²) in [7, 11) is 0. The molecular weight excluding hydrogens is 322 g/mol. The minimum Gasteiger partial charge on any atom is -0.461 e. The molecular formula is C19H31NO5. The highest BCUT2D eigenvalue weighted by Crippen LogP contribution is 2.32. The molecule has 0 radical (unpaired) electrons. The van der Waals surface area contributed by atoms with E-state index in [9.17, 15) is 14.4 Å². The first-order chi connectivity index (χ1) is 12.1. The van der Waals surface area contributed by atoms with E-state index in [4.69, 9.17) is 9.47 Å². The number of carbonyl (C=O) groups is 3. The number of cyclic esters (lactones) is 1. The van der Waals surface area contributed by atoms with Gasteiger partial charge in [-0.1, -0.05) is 44.8 Å². The van der Waals surface area contributed by atoms with Gasteiger partial charge in [0.15, 0.2) is 0 Å². The average Bonchev–Trinajstić information content (AvgIpc) is 2.59. The van der Waals surface area contributed by atoms with E-state index in [1.54, 1.807) is 0 Å². The summed E-state index contributed by atoms with van der Waals surface area (Å²) >= 11 is 0. The zero-order chi connectivity index (χ0) is 18.5. The number of hydrogen-bond donors (Lipinski definition) is 1. The molecule has 142 valence electrons. The molecule has 0 aromatic rings. The number of unbranched alkanes of at least 4 members (excludes halogenated alkanes) is 3. The lowest BCUT2D eigenvalue weighted by atomic mass is 9.86. The molecule has 6 nitrogen and oxygen atoms in total. The summed E-state index contributed by atoms with van der Waals surface area (Å²) in [4.78, 5) is 33.8. The van der Waals surface area contributed by atoms with E-state index in [1.165, 1.54) is 6.42 Å². The van der Waals surface area contributed by atoms with Crippen LogP contribution in [-0.4, -0.2) is 37.1 Å². The maximum Gasteiger partial charge on any atom is 0.325 e. The Kier molecular flexibility index (Phi) is 10.6. The molecule has 0 saturated carbocycles. The Bertz CT molecular complexity index is 449. The first-order valence-electron chi connectivity index (χ1n) is 9.30. The first-order valence-corrected chi connectivity index (χ1v) is 9.30. The van der Waals surface area contributed by atoms with Crippen molar-refractivity contribution in [2.75, 3.05) is 6.54 Å². The van der Waals surface area contributed by atoms with Crippen molar-refractivity contribution in [1.29, 1.82) is 0 Å². The second-order valence-electron chi connectivity index (χ2n) is 6.42. The molecule has 1 rings (SSSR count). The van der Waals surface area contributed by atoms with E-state index in [2.05, 4.69) is 12.2 Å². The lowest BCUT2D eigenvalue weighted by molar-refractivity contribution is -0.190. The minimum absolute atomic E-state index is 0.0760. The van der Waals surface area contributed by atoms with E-state index in [0.717, 1.165) is 32.1 Å². The fourth-order valence-electron chi connectivity index (χ4n) is 2.99. The van der Waals surface area contributed by atoms with Gasteiger partial charge in [-0.3, -0.25) is 14.4 Å². The average molecular weight is 353 g/mol. The maximum absolute atomic E-state index is 11.8. The van der Waals surface area contributed by atoms with E-state index in [0.29, 0.717) is 19.3 Å². The third-order valence-electron chi connectivity index (χ3n) is 4.40. The highest BCUT2D eigenvalue weighted by Gasteiger charge is 2.43. The van der Waals surface area contributed by atoms with Crippen LogP contribution in [0.4, 0.5) is 0 Å². The van der Waals surface area contributed by atoms with Crippen molar-refractivity contribution < 1.29 is 23.9 Å².